The van der Waals surface area contributed by atoms with Crippen molar-refractivity contribution in [2.24, 2.45) is 0 Å². The van der Waals surface area contributed by atoms with Gasteiger partial charge in [0.15, 0.2) is 0 Å². The van der Waals surface area contributed by atoms with Crippen molar-refractivity contribution < 1.29 is 14.7 Å². The van der Waals surface area contributed by atoms with Crippen LogP contribution in [-0.2, 0) is 4.79 Å². The number of hydrogen-bond donors (Lipinski definition) is 3. The molecule has 0 bridgehead atoms. The van der Waals surface area contributed by atoms with Crippen LogP contribution in [0.15, 0.2) is 11.6 Å². The monoisotopic (exact) mass is 317 g/mol. The maximum absolute atomic E-state index is 11.9. The van der Waals surface area contributed by atoms with E-state index in [-0.39, 0.29) is 6.04 Å². The maximum Gasteiger partial charge on any atom is 0.326 e. The van der Waals surface area contributed by atoms with Gasteiger partial charge in [0.1, 0.15) is 11.0 Å². The highest BCUT2D eigenvalue weighted by molar-refractivity contribution is 7.98. The third kappa shape index (κ3) is 5.38. The Balaban J connectivity index is 2.53. The molecule has 1 heterocycles. The van der Waals surface area contributed by atoms with Crippen LogP contribution >= 0.6 is 23.1 Å². The number of thioether (sulfide) groups is 1. The number of carbonyl (C=O) groups is 2. The number of carbonyl (C=O) groups excluding carboxylic acids is 1. The Labute approximate surface area is 126 Å². The zero-order valence-electron chi connectivity index (χ0n) is 11.5. The molecule has 3 N–H and O–H groups in total. The van der Waals surface area contributed by atoms with Gasteiger partial charge in [0, 0.05) is 11.6 Å². The van der Waals surface area contributed by atoms with Crippen molar-refractivity contribution in [2.75, 3.05) is 12.0 Å². The second-order valence-electron chi connectivity index (χ2n) is 4.12. The van der Waals surface area contributed by atoms with Crippen LogP contribution in [0, 0.1) is 0 Å². The van der Waals surface area contributed by atoms with E-state index in [1.807, 2.05) is 18.6 Å². The topological polar surface area (TPSA) is 91.3 Å². The predicted molar refractivity (Wildman–Crippen MR) is 81.2 cm³/mol. The summed E-state index contributed by atoms with van der Waals surface area (Å²) in [5.74, 6) is -0.336. The van der Waals surface area contributed by atoms with Crippen molar-refractivity contribution in [3.63, 3.8) is 0 Å². The van der Waals surface area contributed by atoms with E-state index in [0.717, 1.165) is 5.01 Å². The fourth-order valence-electron chi connectivity index (χ4n) is 1.60. The first-order chi connectivity index (χ1) is 9.58. The first-order valence-corrected chi connectivity index (χ1v) is 8.54. The van der Waals surface area contributed by atoms with Gasteiger partial charge in [-0.15, -0.1) is 11.3 Å². The van der Waals surface area contributed by atoms with Crippen LogP contribution < -0.4 is 10.6 Å². The molecule has 8 heteroatoms. The minimum atomic E-state index is -1.02. The summed E-state index contributed by atoms with van der Waals surface area (Å²) >= 11 is 3.01. The van der Waals surface area contributed by atoms with Crippen LogP contribution in [0.1, 0.15) is 30.8 Å². The molecule has 0 aliphatic carbocycles. The fourth-order valence-corrected chi connectivity index (χ4v) is 2.84. The molecule has 1 aromatic rings. The molecule has 1 rings (SSSR count). The number of carboxylic acids is 1. The molecule has 2 atom stereocenters. The number of amides is 2. The van der Waals surface area contributed by atoms with Crippen molar-refractivity contribution in [3.05, 3.63) is 16.6 Å². The zero-order chi connectivity index (χ0) is 15.0. The molecule has 6 nitrogen and oxygen atoms in total. The van der Waals surface area contributed by atoms with E-state index in [1.54, 1.807) is 18.0 Å². The van der Waals surface area contributed by atoms with E-state index in [1.165, 1.54) is 11.3 Å². The van der Waals surface area contributed by atoms with Gasteiger partial charge in [0.2, 0.25) is 0 Å². The van der Waals surface area contributed by atoms with Gasteiger partial charge >= 0.3 is 12.0 Å². The van der Waals surface area contributed by atoms with Crippen LogP contribution in [-0.4, -0.2) is 40.1 Å². The second-order valence-corrected chi connectivity index (χ2v) is 6.03. The third-order valence-electron chi connectivity index (χ3n) is 2.68. The van der Waals surface area contributed by atoms with Crippen LogP contribution in [0.4, 0.5) is 4.79 Å². The van der Waals surface area contributed by atoms with Crippen molar-refractivity contribution in [2.45, 2.75) is 31.8 Å². The number of nitrogens with zero attached hydrogens (tertiary/aromatic N) is 1. The third-order valence-corrected chi connectivity index (χ3v) is 4.21. The summed E-state index contributed by atoms with van der Waals surface area (Å²) in [6.07, 6.45) is 4.68. The standard InChI is InChI=1S/C12H19N3O3S2/c1-3-8(10-13-5-7-20-10)14-12(18)15-9(11(16)17)4-6-19-2/h5,7-9H,3-4,6H2,1-2H3,(H,16,17)(H2,14,15,18). The lowest BCUT2D eigenvalue weighted by Crippen LogP contribution is -2.47. The SMILES string of the molecule is CCC(NC(=O)NC(CCSC)C(=O)O)c1nccs1. The molecule has 0 spiro atoms. The summed E-state index contributed by atoms with van der Waals surface area (Å²) in [7, 11) is 0. The Morgan fingerprint density at radius 3 is 2.75 bits per heavy atom. The molecular weight excluding hydrogens is 298 g/mol. The fraction of sp³-hybridized carbons (Fsp3) is 0.583. The van der Waals surface area contributed by atoms with E-state index >= 15 is 0 Å². The van der Waals surface area contributed by atoms with Crippen LogP contribution in [0.2, 0.25) is 0 Å². The van der Waals surface area contributed by atoms with Gasteiger partial charge in [-0.2, -0.15) is 11.8 Å². The number of hydrogen-bond acceptors (Lipinski definition) is 5. The average molecular weight is 317 g/mol. The number of nitrogens with one attached hydrogen (secondary N) is 2. The Morgan fingerprint density at radius 1 is 1.50 bits per heavy atom. The molecule has 0 aromatic carbocycles. The van der Waals surface area contributed by atoms with Gasteiger partial charge in [0.25, 0.3) is 0 Å². The van der Waals surface area contributed by atoms with Gasteiger partial charge in [-0.05, 0) is 24.9 Å². The molecule has 0 saturated carbocycles. The molecule has 20 heavy (non-hydrogen) atoms. The molecule has 0 radical (unpaired) electrons. The normalized spacial score (nSPS) is 13.5. The van der Waals surface area contributed by atoms with E-state index in [9.17, 15) is 9.59 Å². The van der Waals surface area contributed by atoms with Crippen molar-refractivity contribution >= 4 is 35.1 Å². The molecular formula is C12H19N3O3S2. The Bertz CT molecular complexity index is 426. The van der Waals surface area contributed by atoms with Gasteiger partial charge < -0.3 is 15.7 Å². The van der Waals surface area contributed by atoms with Crippen LogP contribution in [0.5, 0.6) is 0 Å². The van der Waals surface area contributed by atoms with Crippen LogP contribution in [0.25, 0.3) is 0 Å². The molecule has 112 valence electrons. The smallest absolute Gasteiger partial charge is 0.326 e. The molecule has 0 fully saturated rings. The maximum atomic E-state index is 11.9. The van der Waals surface area contributed by atoms with Gasteiger partial charge in [-0.25, -0.2) is 14.6 Å². The van der Waals surface area contributed by atoms with Gasteiger partial charge in [-0.1, -0.05) is 6.92 Å². The van der Waals surface area contributed by atoms with E-state index in [2.05, 4.69) is 15.6 Å². The van der Waals surface area contributed by atoms with E-state index < -0.39 is 18.0 Å². The summed E-state index contributed by atoms with van der Waals surface area (Å²) in [5, 5.41) is 17.0. The summed E-state index contributed by atoms with van der Waals surface area (Å²) in [5.41, 5.74) is 0. The molecule has 2 unspecified atom stereocenters. The first kappa shape index (κ1) is 16.8. The zero-order valence-corrected chi connectivity index (χ0v) is 13.1. The lowest BCUT2D eigenvalue weighted by Gasteiger charge is -2.18. The predicted octanol–water partition coefficient (Wildman–Crippen LogP) is 2.10. The Kier molecular flexibility index (Phi) is 7.38. The summed E-state index contributed by atoms with van der Waals surface area (Å²) < 4.78 is 0. The van der Waals surface area contributed by atoms with Gasteiger partial charge in [-0.3, -0.25) is 0 Å². The highest BCUT2D eigenvalue weighted by Crippen LogP contribution is 2.18. The number of carboxylic acid groups (broad SMARTS) is 1. The number of urea groups is 1. The van der Waals surface area contributed by atoms with E-state index in [0.29, 0.717) is 18.6 Å². The summed E-state index contributed by atoms with van der Waals surface area (Å²) in [6.45, 7) is 1.94. The molecule has 0 aliphatic heterocycles. The van der Waals surface area contributed by atoms with E-state index in [4.69, 9.17) is 5.11 Å². The van der Waals surface area contributed by atoms with Crippen LogP contribution in [0.3, 0.4) is 0 Å². The summed E-state index contributed by atoms with van der Waals surface area (Å²) in [6, 6.07) is -1.53. The lowest BCUT2D eigenvalue weighted by atomic mass is 10.2. The Hall–Kier alpha value is -1.28. The minimum Gasteiger partial charge on any atom is -0.480 e. The highest BCUT2D eigenvalue weighted by Gasteiger charge is 2.21. The van der Waals surface area contributed by atoms with Crippen molar-refractivity contribution in [1.29, 1.82) is 0 Å². The van der Waals surface area contributed by atoms with Crippen molar-refractivity contribution in [1.82, 2.24) is 15.6 Å². The number of aromatic nitrogens is 1. The van der Waals surface area contributed by atoms with Crippen molar-refractivity contribution in [3.8, 4) is 0 Å². The first-order valence-electron chi connectivity index (χ1n) is 6.26. The second kappa shape index (κ2) is 8.80. The molecule has 0 saturated heterocycles. The minimum absolute atomic E-state index is 0.190. The Morgan fingerprint density at radius 2 is 2.25 bits per heavy atom. The molecule has 2 amide bonds. The number of aliphatic carboxylic acids is 1. The molecule has 0 aliphatic rings. The van der Waals surface area contributed by atoms with Gasteiger partial charge in [0.05, 0.1) is 6.04 Å². The number of thiazole rings is 1. The lowest BCUT2D eigenvalue weighted by molar-refractivity contribution is -0.139. The highest BCUT2D eigenvalue weighted by atomic mass is 32.2. The largest absolute Gasteiger partial charge is 0.480 e. The number of rotatable bonds is 8. The quantitative estimate of drug-likeness (QED) is 0.683. The average Bonchev–Trinajstić information content (AvgIpc) is 2.94. The summed E-state index contributed by atoms with van der Waals surface area (Å²) in [4.78, 5) is 27.1. The molecule has 1 aromatic heterocycles.